The third-order valence-electron chi connectivity index (χ3n) is 3.85. The van der Waals surface area contributed by atoms with Crippen molar-refractivity contribution >= 4 is 29.1 Å². The van der Waals surface area contributed by atoms with Gasteiger partial charge in [-0.3, -0.25) is 14.4 Å². The highest BCUT2D eigenvalue weighted by Gasteiger charge is 2.09. The molecule has 4 N–H and O–H groups in total. The fourth-order valence-corrected chi connectivity index (χ4v) is 2.45. The number of rotatable bonds is 5. The van der Waals surface area contributed by atoms with Crippen LogP contribution in [0.5, 0.6) is 0 Å². The second-order valence-corrected chi connectivity index (χ2v) is 5.80. The van der Waals surface area contributed by atoms with Gasteiger partial charge in [0, 0.05) is 28.1 Å². The van der Waals surface area contributed by atoms with E-state index in [-0.39, 0.29) is 17.4 Å². The topological polar surface area (TPSA) is 101 Å². The Labute approximate surface area is 156 Å². The van der Waals surface area contributed by atoms with Gasteiger partial charge in [0.25, 0.3) is 11.8 Å². The average molecular weight is 359 g/mol. The Bertz CT molecular complexity index is 983. The molecule has 0 bridgehead atoms. The summed E-state index contributed by atoms with van der Waals surface area (Å²) in [5, 5.41) is 5.52. The van der Waals surface area contributed by atoms with Gasteiger partial charge in [-0.2, -0.15) is 0 Å². The van der Waals surface area contributed by atoms with Crippen LogP contribution in [0.4, 0.5) is 11.4 Å². The van der Waals surface area contributed by atoms with Gasteiger partial charge in [-0.15, -0.1) is 0 Å². The number of carbonyl (C=O) groups is 3. The first kappa shape index (κ1) is 17.9. The van der Waals surface area contributed by atoms with Crippen LogP contribution in [0.1, 0.15) is 31.1 Å². The summed E-state index contributed by atoms with van der Waals surface area (Å²) in [4.78, 5) is 35.7. The molecule has 0 aliphatic heterocycles. The van der Waals surface area contributed by atoms with Crippen molar-refractivity contribution in [2.24, 2.45) is 5.73 Å². The third kappa shape index (κ3) is 4.58. The van der Waals surface area contributed by atoms with Crippen molar-refractivity contribution in [2.75, 3.05) is 10.6 Å². The number of carbonyl (C=O) groups excluding carboxylic acids is 3. The predicted octanol–water partition coefficient (Wildman–Crippen LogP) is 3.29. The fourth-order valence-electron chi connectivity index (χ4n) is 2.45. The monoisotopic (exact) mass is 359 g/mol. The van der Waals surface area contributed by atoms with Crippen LogP contribution in [0.2, 0.25) is 0 Å². The molecule has 134 valence electrons. The third-order valence-corrected chi connectivity index (χ3v) is 3.85. The summed E-state index contributed by atoms with van der Waals surface area (Å²) >= 11 is 0. The minimum Gasteiger partial charge on any atom is -0.366 e. The number of nitrogens with two attached hydrogens (primary N) is 1. The molecule has 0 atom stereocenters. The molecule has 0 saturated heterocycles. The predicted molar refractivity (Wildman–Crippen MR) is 104 cm³/mol. The first-order chi connectivity index (χ1) is 13.0. The lowest BCUT2D eigenvalue weighted by Crippen LogP contribution is -2.15. The van der Waals surface area contributed by atoms with Gasteiger partial charge >= 0.3 is 0 Å². The number of amides is 3. The summed E-state index contributed by atoms with van der Waals surface area (Å²) in [6.45, 7) is 0. The van der Waals surface area contributed by atoms with Crippen molar-refractivity contribution in [3.8, 4) is 0 Å². The van der Waals surface area contributed by atoms with E-state index in [1.54, 1.807) is 66.7 Å². The number of primary amides is 1. The van der Waals surface area contributed by atoms with Gasteiger partial charge in [0.15, 0.2) is 0 Å². The van der Waals surface area contributed by atoms with E-state index in [1.165, 1.54) is 6.07 Å². The van der Waals surface area contributed by atoms with Crippen molar-refractivity contribution in [2.45, 2.75) is 0 Å². The maximum absolute atomic E-state index is 12.3. The molecule has 3 aromatic carbocycles. The molecule has 3 aromatic rings. The molecule has 0 radical (unpaired) electrons. The van der Waals surface area contributed by atoms with Crippen LogP contribution in [0.25, 0.3) is 0 Å². The second-order valence-electron chi connectivity index (χ2n) is 5.80. The minimum atomic E-state index is -0.594. The van der Waals surface area contributed by atoms with E-state index < -0.39 is 5.91 Å². The van der Waals surface area contributed by atoms with Gasteiger partial charge in [0.05, 0.1) is 0 Å². The SMILES string of the molecule is NC(=O)c1cccc(C(=O)Nc2ccc(NC(=O)c3ccccc3)cc2)c1. The molecule has 0 heterocycles. The van der Waals surface area contributed by atoms with Crippen molar-refractivity contribution in [3.63, 3.8) is 0 Å². The van der Waals surface area contributed by atoms with Crippen molar-refractivity contribution in [3.05, 3.63) is 95.6 Å². The largest absolute Gasteiger partial charge is 0.366 e. The highest BCUT2D eigenvalue weighted by Crippen LogP contribution is 2.16. The van der Waals surface area contributed by atoms with Gasteiger partial charge in [0.2, 0.25) is 5.91 Å². The van der Waals surface area contributed by atoms with Crippen LogP contribution >= 0.6 is 0 Å². The molecular weight excluding hydrogens is 342 g/mol. The van der Waals surface area contributed by atoms with Crippen LogP contribution < -0.4 is 16.4 Å². The molecule has 0 aliphatic rings. The smallest absolute Gasteiger partial charge is 0.255 e. The zero-order valence-electron chi connectivity index (χ0n) is 14.3. The molecule has 0 aromatic heterocycles. The number of hydrogen-bond donors (Lipinski definition) is 3. The van der Waals surface area contributed by atoms with Crippen LogP contribution in [-0.4, -0.2) is 17.7 Å². The summed E-state index contributed by atoms with van der Waals surface area (Å²) < 4.78 is 0. The Morgan fingerprint density at radius 3 is 1.63 bits per heavy atom. The molecule has 6 heteroatoms. The van der Waals surface area contributed by atoms with Gasteiger partial charge in [-0.05, 0) is 54.6 Å². The number of benzene rings is 3. The average Bonchev–Trinajstić information content (AvgIpc) is 2.70. The Morgan fingerprint density at radius 2 is 1.07 bits per heavy atom. The van der Waals surface area contributed by atoms with Crippen molar-refractivity contribution < 1.29 is 14.4 Å². The van der Waals surface area contributed by atoms with E-state index in [0.717, 1.165) is 0 Å². The molecule has 3 rings (SSSR count). The number of hydrogen-bond acceptors (Lipinski definition) is 3. The normalized spacial score (nSPS) is 10.1. The van der Waals surface area contributed by atoms with E-state index in [9.17, 15) is 14.4 Å². The maximum atomic E-state index is 12.3. The molecule has 0 unspecified atom stereocenters. The summed E-state index contributed by atoms with van der Waals surface area (Å²) in [6, 6.07) is 21.8. The Kier molecular flexibility index (Phi) is 5.28. The van der Waals surface area contributed by atoms with Gasteiger partial charge in [-0.1, -0.05) is 24.3 Å². The van der Waals surface area contributed by atoms with Crippen molar-refractivity contribution in [1.29, 1.82) is 0 Å². The molecule has 3 amide bonds. The Hall–Kier alpha value is -3.93. The summed E-state index contributed by atoms with van der Waals surface area (Å²) in [5.74, 6) is -1.17. The summed E-state index contributed by atoms with van der Waals surface area (Å²) in [6.07, 6.45) is 0. The molecule has 0 fully saturated rings. The zero-order valence-corrected chi connectivity index (χ0v) is 14.3. The van der Waals surface area contributed by atoms with E-state index >= 15 is 0 Å². The standard InChI is InChI=1S/C21H17N3O3/c22-19(25)15-7-4-8-16(13-15)21(27)24-18-11-9-17(10-12-18)23-20(26)14-5-2-1-3-6-14/h1-13H,(H2,22,25)(H,23,26)(H,24,27). The van der Waals surface area contributed by atoms with Crippen molar-refractivity contribution in [1.82, 2.24) is 0 Å². The Morgan fingerprint density at radius 1 is 0.593 bits per heavy atom. The number of nitrogens with one attached hydrogen (secondary N) is 2. The number of anilines is 2. The maximum Gasteiger partial charge on any atom is 0.255 e. The highest BCUT2D eigenvalue weighted by molar-refractivity contribution is 6.06. The van der Waals surface area contributed by atoms with Gasteiger partial charge in [-0.25, -0.2) is 0 Å². The molecule has 6 nitrogen and oxygen atoms in total. The lowest BCUT2D eigenvalue weighted by atomic mass is 10.1. The van der Waals surface area contributed by atoms with Gasteiger partial charge < -0.3 is 16.4 Å². The first-order valence-corrected chi connectivity index (χ1v) is 8.20. The molecule has 0 saturated carbocycles. The summed E-state index contributed by atoms with van der Waals surface area (Å²) in [5.41, 5.74) is 7.55. The molecular formula is C21H17N3O3. The van der Waals surface area contributed by atoms with E-state index in [1.807, 2.05) is 6.07 Å². The van der Waals surface area contributed by atoms with E-state index in [0.29, 0.717) is 22.5 Å². The Balaban J connectivity index is 1.65. The molecule has 27 heavy (non-hydrogen) atoms. The van der Waals surface area contributed by atoms with Crippen LogP contribution in [0.15, 0.2) is 78.9 Å². The minimum absolute atomic E-state index is 0.212. The highest BCUT2D eigenvalue weighted by atomic mass is 16.2. The second kappa shape index (κ2) is 7.97. The van der Waals surface area contributed by atoms with Gasteiger partial charge in [0.1, 0.15) is 0 Å². The zero-order chi connectivity index (χ0) is 19.2. The lowest BCUT2D eigenvalue weighted by molar-refractivity contribution is 0.0997. The fraction of sp³-hybridized carbons (Fsp3) is 0. The van der Waals surface area contributed by atoms with E-state index in [4.69, 9.17) is 5.73 Å². The quantitative estimate of drug-likeness (QED) is 0.651. The first-order valence-electron chi connectivity index (χ1n) is 8.20. The summed E-state index contributed by atoms with van der Waals surface area (Å²) in [7, 11) is 0. The molecule has 0 aliphatic carbocycles. The van der Waals surface area contributed by atoms with Crippen LogP contribution in [0.3, 0.4) is 0 Å². The lowest BCUT2D eigenvalue weighted by Gasteiger charge is -2.08. The van der Waals surface area contributed by atoms with Crippen LogP contribution in [0, 0.1) is 0 Å². The van der Waals surface area contributed by atoms with E-state index in [2.05, 4.69) is 10.6 Å². The van der Waals surface area contributed by atoms with Crippen LogP contribution in [-0.2, 0) is 0 Å². The molecule has 0 spiro atoms.